The first-order valence-electron chi connectivity index (χ1n) is 9.40. The first kappa shape index (κ1) is 23.2. The molecule has 158 valence electrons. The molecule has 0 aromatic heterocycles. The molecule has 0 unspecified atom stereocenters. The molecule has 0 aliphatic heterocycles. The van der Waals surface area contributed by atoms with Crippen LogP contribution in [0.15, 0.2) is 48.5 Å². The van der Waals surface area contributed by atoms with Crippen molar-refractivity contribution in [2.75, 3.05) is 29.4 Å². The maximum Gasteiger partial charge on any atom is 0.232 e. The van der Waals surface area contributed by atoms with Crippen molar-refractivity contribution in [1.29, 1.82) is 0 Å². The summed E-state index contributed by atoms with van der Waals surface area (Å²) in [5.41, 5.74) is 2.55. The average Bonchev–Trinajstić information content (AvgIpc) is 2.66. The van der Waals surface area contributed by atoms with Gasteiger partial charge in [-0.3, -0.25) is 9.10 Å². The van der Waals surface area contributed by atoms with Crippen LogP contribution in [-0.2, 0) is 20.6 Å². The van der Waals surface area contributed by atoms with E-state index in [2.05, 4.69) is 24.4 Å². The van der Waals surface area contributed by atoms with E-state index in [1.54, 1.807) is 17.8 Å². The maximum absolute atomic E-state index is 14.0. The van der Waals surface area contributed by atoms with Gasteiger partial charge in [0.25, 0.3) is 0 Å². The Hall–Kier alpha value is -2.06. The molecule has 0 heterocycles. The number of thioether (sulfide) groups is 1. The average molecular weight is 439 g/mol. The van der Waals surface area contributed by atoms with Crippen molar-refractivity contribution in [3.05, 3.63) is 65.5 Å². The number of sulfonamides is 1. The van der Waals surface area contributed by atoms with Gasteiger partial charge in [-0.05, 0) is 36.6 Å². The summed E-state index contributed by atoms with van der Waals surface area (Å²) in [6.45, 7) is 2.69. The number of para-hydroxylation sites is 1. The zero-order valence-corrected chi connectivity index (χ0v) is 18.4. The third-order valence-corrected chi connectivity index (χ3v) is 6.56. The second-order valence-electron chi connectivity index (χ2n) is 6.72. The Labute approximate surface area is 176 Å². The molecule has 2 rings (SSSR count). The van der Waals surface area contributed by atoms with Crippen LogP contribution in [0.5, 0.6) is 0 Å². The number of hydrogen-bond acceptors (Lipinski definition) is 4. The first-order valence-corrected chi connectivity index (χ1v) is 12.4. The summed E-state index contributed by atoms with van der Waals surface area (Å²) >= 11 is 1.75. The summed E-state index contributed by atoms with van der Waals surface area (Å²) in [6.07, 6.45) is 1.53. The van der Waals surface area contributed by atoms with E-state index in [0.717, 1.165) is 22.1 Å². The van der Waals surface area contributed by atoms with E-state index < -0.39 is 15.8 Å². The highest BCUT2D eigenvalue weighted by Crippen LogP contribution is 2.21. The minimum absolute atomic E-state index is 0.00279. The molecule has 0 radical (unpaired) electrons. The number of aryl methyl sites for hydroxylation is 1. The van der Waals surface area contributed by atoms with Crippen molar-refractivity contribution in [3.63, 3.8) is 0 Å². The van der Waals surface area contributed by atoms with Gasteiger partial charge in [0, 0.05) is 31.0 Å². The lowest BCUT2D eigenvalue weighted by Crippen LogP contribution is -2.33. The van der Waals surface area contributed by atoms with Crippen LogP contribution in [0.2, 0.25) is 0 Å². The normalized spacial score (nSPS) is 11.3. The van der Waals surface area contributed by atoms with Crippen molar-refractivity contribution < 1.29 is 17.6 Å². The van der Waals surface area contributed by atoms with Crippen molar-refractivity contribution in [1.82, 2.24) is 5.32 Å². The fraction of sp³-hybridized carbons (Fsp3) is 0.381. The topological polar surface area (TPSA) is 66.5 Å². The quantitative estimate of drug-likeness (QED) is 0.543. The smallest absolute Gasteiger partial charge is 0.232 e. The van der Waals surface area contributed by atoms with Crippen LogP contribution in [0.3, 0.4) is 0 Å². The van der Waals surface area contributed by atoms with Crippen LogP contribution in [0.25, 0.3) is 0 Å². The lowest BCUT2D eigenvalue weighted by Gasteiger charge is -2.22. The Bertz CT molecular complexity index is 920. The van der Waals surface area contributed by atoms with Gasteiger partial charge in [0.2, 0.25) is 15.9 Å². The van der Waals surface area contributed by atoms with Crippen LogP contribution in [0.1, 0.15) is 24.0 Å². The van der Waals surface area contributed by atoms with E-state index in [9.17, 15) is 17.6 Å². The number of amides is 1. The second kappa shape index (κ2) is 11.2. The minimum Gasteiger partial charge on any atom is -0.355 e. The Balaban J connectivity index is 1.71. The number of carbonyl (C=O) groups excluding carboxylic acids is 1. The largest absolute Gasteiger partial charge is 0.355 e. The lowest BCUT2D eigenvalue weighted by atomic mass is 10.1. The van der Waals surface area contributed by atoms with Crippen LogP contribution in [0.4, 0.5) is 10.1 Å². The predicted molar refractivity (Wildman–Crippen MR) is 118 cm³/mol. The summed E-state index contributed by atoms with van der Waals surface area (Å²) < 4.78 is 39.0. The number of halogens is 1. The summed E-state index contributed by atoms with van der Waals surface area (Å²) in [7, 11) is -3.63. The van der Waals surface area contributed by atoms with Gasteiger partial charge in [-0.1, -0.05) is 36.4 Å². The lowest BCUT2D eigenvalue weighted by molar-refractivity contribution is -0.121. The molecule has 0 aliphatic carbocycles. The summed E-state index contributed by atoms with van der Waals surface area (Å²) in [4.78, 5) is 12.0. The Morgan fingerprint density at radius 3 is 2.52 bits per heavy atom. The molecule has 1 N–H and O–H groups in total. The van der Waals surface area contributed by atoms with Crippen molar-refractivity contribution in [3.8, 4) is 0 Å². The molecule has 29 heavy (non-hydrogen) atoms. The van der Waals surface area contributed by atoms with Crippen molar-refractivity contribution in [2.24, 2.45) is 0 Å². The summed E-state index contributed by atoms with van der Waals surface area (Å²) in [5.74, 6) is 0.954. The molecule has 8 heteroatoms. The second-order valence-corrected chi connectivity index (χ2v) is 9.73. The van der Waals surface area contributed by atoms with Crippen molar-refractivity contribution >= 4 is 33.4 Å². The predicted octanol–water partition coefficient (Wildman–Crippen LogP) is 3.73. The van der Waals surface area contributed by atoms with Crippen molar-refractivity contribution in [2.45, 2.75) is 25.5 Å². The zero-order chi connectivity index (χ0) is 21.3. The van der Waals surface area contributed by atoms with Crippen LogP contribution in [-0.4, -0.2) is 39.4 Å². The molecule has 2 aromatic carbocycles. The highest BCUT2D eigenvalue weighted by molar-refractivity contribution is 7.98. The molecule has 5 nitrogen and oxygen atoms in total. The van der Waals surface area contributed by atoms with E-state index in [4.69, 9.17) is 0 Å². The highest BCUT2D eigenvalue weighted by Gasteiger charge is 2.20. The van der Waals surface area contributed by atoms with E-state index in [1.807, 2.05) is 12.1 Å². The monoisotopic (exact) mass is 438 g/mol. The molecular weight excluding hydrogens is 411 g/mol. The Morgan fingerprint density at radius 2 is 1.83 bits per heavy atom. The number of anilines is 1. The minimum atomic E-state index is -3.63. The van der Waals surface area contributed by atoms with Gasteiger partial charge in [0.15, 0.2) is 0 Å². The molecule has 0 aliphatic rings. The fourth-order valence-electron chi connectivity index (χ4n) is 2.81. The molecule has 2 aromatic rings. The van der Waals surface area contributed by atoms with Crippen LogP contribution in [0, 0.1) is 12.7 Å². The molecule has 0 saturated heterocycles. The third kappa shape index (κ3) is 7.70. The molecule has 0 spiro atoms. The van der Waals surface area contributed by atoms with E-state index >= 15 is 0 Å². The van der Waals surface area contributed by atoms with E-state index in [0.29, 0.717) is 13.0 Å². The van der Waals surface area contributed by atoms with Gasteiger partial charge in [-0.2, -0.15) is 11.8 Å². The molecule has 0 bridgehead atoms. The maximum atomic E-state index is 14.0. The zero-order valence-electron chi connectivity index (χ0n) is 16.7. The SMILES string of the molecule is Cc1ccccc1CSCCNC(=O)CCCN(c1ccccc1F)S(C)(=O)=O. The number of nitrogens with one attached hydrogen (secondary N) is 1. The van der Waals surface area contributed by atoms with Gasteiger partial charge in [-0.25, -0.2) is 12.8 Å². The molecule has 0 atom stereocenters. The van der Waals surface area contributed by atoms with E-state index in [-0.39, 0.29) is 24.6 Å². The van der Waals surface area contributed by atoms with Gasteiger partial charge >= 0.3 is 0 Å². The number of benzene rings is 2. The third-order valence-electron chi connectivity index (χ3n) is 4.37. The molecule has 0 fully saturated rings. The molecular formula is C21H27FN2O3S2. The van der Waals surface area contributed by atoms with Gasteiger partial charge < -0.3 is 5.32 Å². The Kier molecular flexibility index (Phi) is 8.98. The standard InChI is InChI=1S/C21H27FN2O3S2/c1-17-8-3-4-9-18(17)16-28-15-13-23-21(25)12-7-14-24(29(2,26)27)20-11-6-5-10-19(20)22/h3-6,8-11H,7,12-16H2,1-2H3,(H,23,25). The van der Waals surface area contributed by atoms with Gasteiger partial charge in [-0.15, -0.1) is 0 Å². The summed E-state index contributed by atoms with van der Waals surface area (Å²) in [6, 6.07) is 13.9. The van der Waals surface area contributed by atoms with Gasteiger partial charge in [0.1, 0.15) is 5.82 Å². The summed E-state index contributed by atoms with van der Waals surface area (Å²) in [5, 5.41) is 2.85. The molecule has 0 saturated carbocycles. The van der Waals surface area contributed by atoms with Gasteiger partial charge in [0.05, 0.1) is 11.9 Å². The Morgan fingerprint density at radius 1 is 1.14 bits per heavy atom. The van der Waals surface area contributed by atoms with Crippen LogP contribution < -0.4 is 9.62 Å². The van der Waals surface area contributed by atoms with E-state index in [1.165, 1.54) is 29.3 Å². The fourth-order valence-corrected chi connectivity index (χ4v) is 4.71. The number of nitrogens with zero attached hydrogens (tertiary/aromatic N) is 1. The number of carbonyl (C=O) groups is 1. The van der Waals surface area contributed by atoms with Crippen LogP contribution >= 0.6 is 11.8 Å². The highest BCUT2D eigenvalue weighted by atomic mass is 32.2. The number of rotatable bonds is 11. The number of hydrogen-bond donors (Lipinski definition) is 1. The first-order chi connectivity index (χ1) is 13.8. The molecule has 1 amide bonds.